The summed E-state index contributed by atoms with van der Waals surface area (Å²) in [5.74, 6) is -0.478. The van der Waals surface area contributed by atoms with Gasteiger partial charge in [-0.05, 0) is 66.6 Å². The first-order valence-electron chi connectivity index (χ1n) is 11.4. The third kappa shape index (κ3) is 4.18. The molecule has 0 bridgehead atoms. The van der Waals surface area contributed by atoms with Gasteiger partial charge in [0.05, 0.1) is 35.5 Å². The van der Waals surface area contributed by atoms with Crippen molar-refractivity contribution in [2.24, 2.45) is 0 Å². The maximum Gasteiger partial charge on any atom is 0.301 e. The number of thiazole rings is 1. The lowest BCUT2D eigenvalue weighted by Crippen LogP contribution is -2.29. The number of Topliss-reactive ketones (excluding diaryl/α,β-unsaturated/α-hetero) is 1. The molecule has 4 aromatic rings. The second kappa shape index (κ2) is 9.79. The van der Waals surface area contributed by atoms with Gasteiger partial charge in [0.2, 0.25) is 0 Å². The van der Waals surface area contributed by atoms with Crippen molar-refractivity contribution in [3.05, 3.63) is 83.7 Å². The monoisotopic (exact) mass is 501 g/mol. The summed E-state index contributed by atoms with van der Waals surface area (Å²) in [7, 11) is 1.58. The summed E-state index contributed by atoms with van der Waals surface area (Å²) in [5, 5.41) is 11.6. The van der Waals surface area contributed by atoms with E-state index in [9.17, 15) is 14.7 Å². The molecule has 1 saturated heterocycles. The third-order valence-corrected chi connectivity index (χ3v) is 6.87. The molecule has 1 aliphatic heterocycles. The number of aromatic nitrogens is 2. The highest BCUT2D eigenvalue weighted by Gasteiger charge is 2.48. The Morgan fingerprint density at radius 3 is 2.47 bits per heavy atom. The summed E-state index contributed by atoms with van der Waals surface area (Å²) >= 11 is 1.27. The topological polar surface area (TPSA) is 102 Å². The van der Waals surface area contributed by atoms with Crippen molar-refractivity contribution in [2.45, 2.75) is 19.4 Å². The zero-order valence-corrected chi connectivity index (χ0v) is 20.5. The number of benzene rings is 2. The van der Waals surface area contributed by atoms with Crippen molar-refractivity contribution in [2.75, 3.05) is 18.6 Å². The minimum Gasteiger partial charge on any atom is -0.507 e. The molecule has 9 heteroatoms. The van der Waals surface area contributed by atoms with Gasteiger partial charge in [-0.15, -0.1) is 0 Å². The van der Waals surface area contributed by atoms with E-state index in [2.05, 4.69) is 9.97 Å². The first-order valence-corrected chi connectivity index (χ1v) is 12.2. The number of aliphatic hydroxyl groups excluding tert-OH is 1. The minimum absolute atomic E-state index is 0.00902. The Hall–Kier alpha value is -4.24. The zero-order chi connectivity index (χ0) is 25.2. The van der Waals surface area contributed by atoms with Crippen LogP contribution in [0.25, 0.3) is 16.0 Å². The number of pyridine rings is 1. The van der Waals surface area contributed by atoms with Gasteiger partial charge in [-0.3, -0.25) is 19.5 Å². The highest BCUT2D eigenvalue weighted by molar-refractivity contribution is 7.22. The molecule has 1 fully saturated rings. The maximum absolute atomic E-state index is 13.3. The summed E-state index contributed by atoms with van der Waals surface area (Å²) in [4.78, 5) is 36.7. The molecule has 8 nitrogen and oxygen atoms in total. The van der Waals surface area contributed by atoms with E-state index in [1.807, 2.05) is 13.0 Å². The predicted molar refractivity (Wildman–Crippen MR) is 137 cm³/mol. The van der Waals surface area contributed by atoms with E-state index in [1.54, 1.807) is 68.0 Å². The van der Waals surface area contributed by atoms with Crippen molar-refractivity contribution in [3.63, 3.8) is 0 Å². The quantitative estimate of drug-likeness (QED) is 0.213. The molecule has 0 aliphatic carbocycles. The maximum atomic E-state index is 13.3. The number of aliphatic hydroxyl groups is 1. The molecule has 3 heterocycles. The zero-order valence-electron chi connectivity index (χ0n) is 19.7. The summed E-state index contributed by atoms with van der Waals surface area (Å²) in [6.07, 6.45) is 4.03. The number of fused-ring (bicyclic) bond motifs is 1. The number of rotatable bonds is 7. The lowest BCUT2D eigenvalue weighted by molar-refractivity contribution is -0.132. The molecule has 1 atom stereocenters. The van der Waals surface area contributed by atoms with Crippen LogP contribution in [0.2, 0.25) is 0 Å². The van der Waals surface area contributed by atoms with E-state index in [0.29, 0.717) is 39.9 Å². The minimum atomic E-state index is -0.869. The smallest absolute Gasteiger partial charge is 0.301 e. The van der Waals surface area contributed by atoms with Gasteiger partial charge in [-0.1, -0.05) is 18.3 Å². The molecule has 1 N–H and O–H groups in total. The number of ketones is 1. The fourth-order valence-electron chi connectivity index (χ4n) is 4.10. The van der Waals surface area contributed by atoms with Crippen molar-refractivity contribution in [3.8, 4) is 11.5 Å². The van der Waals surface area contributed by atoms with Crippen molar-refractivity contribution in [1.82, 2.24) is 9.97 Å². The van der Waals surface area contributed by atoms with Crippen molar-refractivity contribution in [1.29, 1.82) is 0 Å². The Morgan fingerprint density at radius 1 is 1.06 bits per heavy atom. The number of amides is 1. The average molecular weight is 502 g/mol. The molecule has 182 valence electrons. The first-order chi connectivity index (χ1) is 17.5. The lowest BCUT2D eigenvalue weighted by atomic mass is 9.96. The standard InChI is InChI=1S/C27H23N3O5S/c1-3-14-35-18-6-4-17(5-7-18)24(31)22-23(16-10-12-28-13-11-16)30(26(33)25(22)32)27-29-20-9-8-19(34-2)15-21(20)36-27/h4-13,15,23,31H,3,14H2,1-2H3/b24-22+. The van der Waals surface area contributed by atoms with Crippen LogP contribution < -0.4 is 14.4 Å². The number of hydrogen-bond acceptors (Lipinski definition) is 8. The number of ether oxygens (including phenoxy) is 2. The number of methoxy groups -OCH3 is 1. The van der Waals surface area contributed by atoms with E-state index in [1.165, 1.54) is 16.2 Å². The fourth-order valence-corrected chi connectivity index (χ4v) is 5.12. The molecule has 0 radical (unpaired) electrons. The van der Waals surface area contributed by atoms with Crippen LogP contribution in [-0.4, -0.2) is 40.5 Å². The highest BCUT2D eigenvalue weighted by Crippen LogP contribution is 2.44. The van der Waals surface area contributed by atoms with Crippen LogP contribution in [0, 0.1) is 0 Å². The summed E-state index contributed by atoms with van der Waals surface area (Å²) < 4.78 is 11.7. The molecule has 1 aliphatic rings. The second-order valence-corrected chi connectivity index (χ2v) is 9.16. The van der Waals surface area contributed by atoms with Crippen LogP contribution in [0.1, 0.15) is 30.5 Å². The second-order valence-electron chi connectivity index (χ2n) is 8.15. The van der Waals surface area contributed by atoms with Crippen LogP contribution in [-0.2, 0) is 9.59 Å². The Bertz CT molecular complexity index is 1460. The Balaban J connectivity index is 1.63. The van der Waals surface area contributed by atoms with E-state index in [-0.39, 0.29) is 11.3 Å². The number of carbonyl (C=O) groups excluding carboxylic acids is 2. The number of nitrogens with zero attached hydrogens (tertiary/aromatic N) is 3. The Morgan fingerprint density at radius 2 is 1.78 bits per heavy atom. The third-order valence-electron chi connectivity index (χ3n) is 5.86. The van der Waals surface area contributed by atoms with E-state index in [4.69, 9.17) is 9.47 Å². The van der Waals surface area contributed by atoms with Gasteiger partial charge in [-0.25, -0.2) is 4.98 Å². The molecule has 36 heavy (non-hydrogen) atoms. The van der Waals surface area contributed by atoms with Crippen LogP contribution in [0.5, 0.6) is 11.5 Å². The van der Waals surface area contributed by atoms with Crippen LogP contribution in [0.4, 0.5) is 5.13 Å². The predicted octanol–water partition coefficient (Wildman–Crippen LogP) is 5.12. The van der Waals surface area contributed by atoms with Crippen LogP contribution in [0.3, 0.4) is 0 Å². The van der Waals surface area contributed by atoms with Crippen LogP contribution >= 0.6 is 11.3 Å². The molecule has 1 amide bonds. The number of carbonyl (C=O) groups is 2. The average Bonchev–Trinajstić information content (AvgIpc) is 3.45. The highest BCUT2D eigenvalue weighted by atomic mass is 32.1. The van der Waals surface area contributed by atoms with Gasteiger partial charge in [0.25, 0.3) is 5.78 Å². The van der Waals surface area contributed by atoms with Crippen molar-refractivity contribution < 1.29 is 24.2 Å². The normalized spacial score (nSPS) is 17.1. The fraction of sp³-hybridized carbons (Fsp3) is 0.185. The number of anilines is 1. The van der Waals surface area contributed by atoms with E-state index < -0.39 is 17.7 Å². The van der Waals surface area contributed by atoms with Gasteiger partial charge in [-0.2, -0.15) is 0 Å². The first kappa shape index (κ1) is 23.5. The van der Waals surface area contributed by atoms with E-state index in [0.717, 1.165) is 11.1 Å². The Kier molecular flexibility index (Phi) is 6.39. The molecule has 0 saturated carbocycles. The summed E-state index contributed by atoms with van der Waals surface area (Å²) in [6.45, 7) is 2.59. The van der Waals surface area contributed by atoms with Crippen molar-refractivity contribution >= 4 is 44.1 Å². The number of hydrogen-bond donors (Lipinski definition) is 1. The van der Waals surface area contributed by atoms with E-state index >= 15 is 0 Å². The molecular weight excluding hydrogens is 478 g/mol. The van der Waals surface area contributed by atoms with Gasteiger partial charge < -0.3 is 14.6 Å². The largest absolute Gasteiger partial charge is 0.507 e. The SMILES string of the molecule is CCCOc1ccc(/C(O)=C2\C(=O)C(=O)N(c3nc4ccc(OC)cc4s3)C2c2ccncc2)cc1. The molecule has 5 rings (SSSR count). The molecule has 1 unspecified atom stereocenters. The van der Waals surface area contributed by atoms with Gasteiger partial charge in [0.1, 0.15) is 17.3 Å². The summed E-state index contributed by atoms with van der Waals surface area (Å²) in [6, 6.07) is 14.8. The lowest BCUT2D eigenvalue weighted by Gasteiger charge is -2.22. The van der Waals surface area contributed by atoms with Gasteiger partial charge in [0.15, 0.2) is 5.13 Å². The van der Waals surface area contributed by atoms with Gasteiger partial charge >= 0.3 is 5.91 Å². The molecular formula is C27H23N3O5S. The molecule has 2 aromatic heterocycles. The van der Waals surface area contributed by atoms with Gasteiger partial charge in [0, 0.05) is 18.0 Å². The molecule has 0 spiro atoms. The summed E-state index contributed by atoms with van der Waals surface area (Å²) in [5.41, 5.74) is 1.70. The molecule has 2 aromatic carbocycles. The van der Waals surface area contributed by atoms with Crippen LogP contribution in [0.15, 0.2) is 72.6 Å². The Labute approximate surface area is 211 Å².